The predicted molar refractivity (Wildman–Crippen MR) is 91.9 cm³/mol. The van der Waals surface area contributed by atoms with Gasteiger partial charge in [0.2, 0.25) is 0 Å². The number of rotatable bonds is 3. The van der Waals surface area contributed by atoms with Crippen LogP contribution in [0.5, 0.6) is 0 Å². The molecule has 0 saturated heterocycles. The third-order valence-corrected chi connectivity index (χ3v) is 5.08. The number of amides is 2. The van der Waals surface area contributed by atoms with Gasteiger partial charge in [0.05, 0.1) is 21.7 Å². The number of esters is 1. The van der Waals surface area contributed by atoms with E-state index in [2.05, 4.69) is 10.6 Å². The summed E-state index contributed by atoms with van der Waals surface area (Å²) in [5.74, 6) is -0.414. The average Bonchev–Trinajstić information content (AvgIpc) is 3.02. The molecular formula is C17H18Cl2N2O3. The highest BCUT2D eigenvalue weighted by molar-refractivity contribution is 6.42. The molecule has 2 N–H and O–H groups in total. The summed E-state index contributed by atoms with van der Waals surface area (Å²) in [6, 6.07) is 4.03. The summed E-state index contributed by atoms with van der Waals surface area (Å²) in [7, 11) is 0. The molecule has 1 saturated carbocycles. The van der Waals surface area contributed by atoms with Gasteiger partial charge in [0.25, 0.3) is 0 Å². The van der Waals surface area contributed by atoms with Crippen LogP contribution in [0, 0.1) is 0 Å². The molecule has 128 valence electrons. The summed E-state index contributed by atoms with van der Waals surface area (Å²) < 4.78 is 5.62. The molecule has 1 aromatic rings. The predicted octanol–water partition coefficient (Wildman–Crippen LogP) is 4.11. The molecule has 0 spiro atoms. The van der Waals surface area contributed by atoms with Crippen molar-refractivity contribution in [1.82, 2.24) is 10.6 Å². The van der Waals surface area contributed by atoms with Crippen LogP contribution in [0.2, 0.25) is 10.0 Å². The second-order valence-corrected chi connectivity index (χ2v) is 6.87. The average molecular weight is 369 g/mol. The number of carbonyl (C=O) groups is 2. The standard InChI is InChI=1S/C17H18Cl2N2O3/c1-9-14(16(22)24-11-4-2-3-5-11)15(21-17(23)20-9)10-6-7-12(18)13(19)8-10/h6-8,11,15H,2-5H2,1H3,(H2,20,21,23). The molecule has 7 heteroatoms. The van der Waals surface area contributed by atoms with Crippen LogP contribution in [-0.2, 0) is 9.53 Å². The zero-order valence-electron chi connectivity index (χ0n) is 13.2. The summed E-state index contributed by atoms with van der Waals surface area (Å²) in [6.45, 7) is 1.69. The summed E-state index contributed by atoms with van der Waals surface area (Å²) >= 11 is 12.0. The van der Waals surface area contributed by atoms with E-state index in [-0.39, 0.29) is 12.1 Å². The first-order valence-electron chi connectivity index (χ1n) is 7.90. The van der Waals surface area contributed by atoms with E-state index >= 15 is 0 Å². The molecule has 1 aliphatic heterocycles. The summed E-state index contributed by atoms with van der Waals surface area (Å²) in [5, 5.41) is 6.16. The third-order valence-electron chi connectivity index (χ3n) is 4.34. The number of hydrogen-bond acceptors (Lipinski definition) is 3. The van der Waals surface area contributed by atoms with Crippen LogP contribution in [0.25, 0.3) is 0 Å². The molecule has 24 heavy (non-hydrogen) atoms. The minimum atomic E-state index is -0.623. The number of nitrogens with one attached hydrogen (secondary N) is 2. The molecule has 1 aromatic carbocycles. The monoisotopic (exact) mass is 368 g/mol. The van der Waals surface area contributed by atoms with E-state index < -0.39 is 12.0 Å². The minimum absolute atomic E-state index is 0.0510. The van der Waals surface area contributed by atoms with E-state index in [1.54, 1.807) is 25.1 Å². The van der Waals surface area contributed by atoms with E-state index in [1.807, 2.05) is 0 Å². The van der Waals surface area contributed by atoms with Gasteiger partial charge in [0, 0.05) is 5.70 Å². The van der Waals surface area contributed by atoms with Crippen molar-refractivity contribution in [3.8, 4) is 0 Å². The van der Waals surface area contributed by atoms with E-state index in [4.69, 9.17) is 27.9 Å². The fourth-order valence-corrected chi connectivity index (χ4v) is 3.43. The number of ether oxygens (including phenoxy) is 1. The molecule has 0 bridgehead atoms. The molecule has 5 nitrogen and oxygen atoms in total. The second kappa shape index (κ2) is 7.03. The highest BCUT2D eigenvalue weighted by Crippen LogP contribution is 2.33. The van der Waals surface area contributed by atoms with Crippen LogP contribution >= 0.6 is 23.2 Å². The van der Waals surface area contributed by atoms with Gasteiger partial charge in [-0.2, -0.15) is 0 Å². The zero-order valence-corrected chi connectivity index (χ0v) is 14.7. The lowest BCUT2D eigenvalue weighted by atomic mass is 9.95. The van der Waals surface area contributed by atoms with Gasteiger partial charge in [-0.05, 0) is 50.3 Å². The molecule has 1 heterocycles. The van der Waals surface area contributed by atoms with Crippen molar-refractivity contribution in [2.75, 3.05) is 0 Å². The van der Waals surface area contributed by atoms with Crippen LogP contribution in [0.15, 0.2) is 29.5 Å². The molecule has 0 aromatic heterocycles. The fourth-order valence-electron chi connectivity index (χ4n) is 3.13. The number of halogens is 2. The summed E-state index contributed by atoms with van der Waals surface area (Å²) in [4.78, 5) is 24.5. The quantitative estimate of drug-likeness (QED) is 0.788. The number of carbonyl (C=O) groups excluding carboxylic acids is 2. The van der Waals surface area contributed by atoms with Gasteiger partial charge in [0.1, 0.15) is 6.10 Å². The van der Waals surface area contributed by atoms with Crippen molar-refractivity contribution in [3.05, 3.63) is 45.1 Å². The van der Waals surface area contributed by atoms with Crippen molar-refractivity contribution in [1.29, 1.82) is 0 Å². The Labute approximate surface area is 150 Å². The normalized spacial score (nSPS) is 21.5. The summed E-state index contributed by atoms with van der Waals surface area (Å²) in [6.07, 6.45) is 3.86. The Morgan fingerprint density at radius 2 is 1.92 bits per heavy atom. The lowest BCUT2D eigenvalue weighted by Gasteiger charge is -2.29. The van der Waals surface area contributed by atoms with Gasteiger partial charge in [-0.25, -0.2) is 9.59 Å². The third kappa shape index (κ3) is 3.52. The first-order chi connectivity index (χ1) is 11.5. The molecule has 1 fully saturated rings. The highest BCUT2D eigenvalue weighted by Gasteiger charge is 2.34. The van der Waals surface area contributed by atoms with Gasteiger partial charge in [-0.1, -0.05) is 29.3 Å². The first kappa shape index (κ1) is 17.1. The van der Waals surface area contributed by atoms with Crippen LogP contribution in [0.4, 0.5) is 4.79 Å². The highest BCUT2D eigenvalue weighted by atomic mass is 35.5. The van der Waals surface area contributed by atoms with Crippen LogP contribution in [0.1, 0.15) is 44.2 Å². The van der Waals surface area contributed by atoms with Gasteiger partial charge in [0.15, 0.2) is 0 Å². The molecule has 3 rings (SSSR count). The molecule has 0 radical (unpaired) electrons. The first-order valence-corrected chi connectivity index (χ1v) is 8.65. The van der Waals surface area contributed by atoms with Crippen molar-refractivity contribution < 1.29 is 14.3 Å². The van der Waals surface area contributed by atoms with E-state index in [0.29, 0.717) is 26.9 Å². The van der Waals surface area contributed by atoms with Crippen LogP contribution in [0.3, 0.4) is 0 Å². The fraction of sp³-hybridized carbons (Fsp3) is 0.412. The van der Waals surface area contributed by atoms with Crippen molar-refractivity contribution in [3.63, 3.8) is 0 Å². The maximum absolute atomic E-state index is 12.7. The molecule has 2 aliphatic rings. The Morgan fingerprint density at radius 3 is 2.58 bits per heavy atom. The van der Waals surface area contributed by atoms with Gasteiger partial charge in [-0.15, -0.1) is 0 Å². The molecular weight excluding hydrogens is 351 g/mol. The van der Waals surface area contributed by atoms with Crippen molar-refractivity contribution >= 4 is 35.2 Å². The lowest BCUT2D eigenvalue weighted by molar-refractivity contribution is -0.144. The Bertz CT molecular complexity index is 712. The Hall–Kier alpha value is -1.72. The second-order valence-electron chi connectivity index (χ2n) is 6.06. The number of urea groups is 1. The van der Waals surface area contributed by atoms with Gasteiger partial charge in [-0.3, -0.25) is 0 Å². The maximum atomic E-state index is 12.7. The van der Waals surface area contributed by atoms with Gasteiger partial charge < -0.3 is 15.4 Å². The molecule has 1 unspecified atom stereocenters. The largest absolute Gasteiger partial charge is 0.459 e. The van der Waals surface area contributed by atoms with Crippen molar-refractivity contribution in [2.24, 2.45) is 0 Å². The molecule has 1 atom stereocenters. The Kier molecular flexibility index (Phi) is 5.01. The lowest BCUT2D eigenvalue weighted by Crippen LogP contribution is -2.45. The zero-order chi connectivity index (χ0) is 17.3. The molecule has 1 aliphatic carbocycles. The minimum Gasteiger partial charge on any atom is -0.459 e. The Morgan fingerprint density at radius 1 is 1.21 bits per heavy atom. The van der Waals surface area contributed by atoms with E-state index in [9.17, 15) is 9.59 Å². The number of benzene rings is 1. The van der Waals surface area contributed by atoms with E-state index in [1.165, 1.54) is 0 Å². The van der Waals surface area contributed by atoms with Crippen LogP contribution < -0.4 is 10.6 Å². The van der Waals surface area contributed by atoms with E-state index in [0.717, 1.165) is 25.7 Å². The number of allylic oxidation sites excluding steroid dienone is 1. The van der Waals surface area contributed by atoms with Crippen LogP contribution in [-0.4, -0.2) is 18.1 Å². The number of hydrogen-bond donors (Lipinski definition) is 2. The Balaban J connectivity index is 1.92. The maximum Gasteiger partial charge on any atom is 0.338 e. The molecule has 2 amide bonds. The topological polar surface area (TPSA) is 67.4 Å². The smallest absolute Gasteiger partial charge is 0.338 e. The SMILES string of the molecule is CC1=C(C(=O)OC2CCCC2)C(c2ccc(Cl)c(Cl)c2)NC(=O)N1. The van der Waals surface area contributed by atoms with Gasteiger partial charge >= 0.3 is 12.0 Å². The van der Waals surface area contributed by atoms with Crippen molar-refractivity contribution in [2.45, 2.75) is 44.8 Å². The summed E-state index contributed by atoms with van der Waals surface area (Å²) in [5.41, 5.74) is 1.55.